The summed E-state index contributed by atoms with van der Waals surface area (Å²) in [6.07, 6.45) is -7.48. The van der Waals surface area contributed by atoms with Gasteiger partial charge >= 0.3 is 5.97 Å². The van der Waals surface area contributed by atoms with Crippen LogP contribution in [0.25, 0.3) is 0 Å². The van der Waals surface area contributed by atoms with Gasteiger partial charge in [-0.15, -0.1) is 0 Å². The van der Waals surface area contributed by atoms with Gasteiger partial charge in [-0.1, -0.05) is 0 Å². The van der Waals surface area contributed by atoms with Gasteiger partial charge in [-0.05, 0) is 0 Å². The Hall–Kier alpha value is -1.30. The normalized spacial score (nSPS) is 35.8. The van der Waals surface area contributed by atoms with Crippen molar-refractivity contribution in [3.63, 3.8) is 0 Å². The maximum Gasteiger partial charge on any atom is 0.364 e. The summed E-state index contributed by atoms with van der Waals surface area (Å²) in [4.78, 5) is 22.1. The molecule has 0 aromatic carbocycles. The van der Waals surface area contributed by atoms with Gasteiger partial charge in [0.2, 0.25) is 5.91 Å². The van der Waals surface area contributed by atoms with Crippen LogP contribution in [0, 0.1) is 0 Å². The van der Waals surface area contributed by atoms with E-state index in [1.807, 2.05) is 0 Å². The third-order valence-corrected chi connectivity index (χ3v) is 3.21. The van der Waals surface area contributed by atoms with Gasteiger partial charge in [0, 0.05) is 13.3 Å². The first kappa shape index (κ1) is 17.8. The third kappa shape index (κ3) is 3.87. The van der Waals surface area contributed by atoms with Crippen molar-refractivity contribution in [1.82, 2.24) is 5.32 Å². The molecule has 1 amide bonds. The predicted molar refractivity (Wildman–Crippen MR) is 64.8 cm³/mol. The molecule has 122 valence electrons. The van der Waals surface area contributed by atoms with Crippen LogP contribution in [0.4, 0.5) is 0 Å². The molecule has 1 aliphatic heterocycles. The highest BCUT2D eigenvalue weighted by atomic mass is 16.7. The Bertz CT molecular complexity index is 403. The third-order valence-electron chi connectivity index (χ3n) is 3.21. The number of carbonyl (C=O) groups excluding carboxylic acids is 1. The van der Waals surface area contributed by atoms with Gasteiger partial charge in [-0.3, -0.25) is 4.79 Å². The maximum absolute atomic E-state index is 11.1. The number of carbonyl (C=O) groups is 2. The molecule has 1 heterocycles. The van der Waals surface area contributed by atoms with Crippen LogP contribution < -0.4 is 5.32 Å². The molecule has 0 saturated carbocycles. The van der Waals surface area contributed by atoms with Crippen LogP contribution in [-0.2, 0) is 14.3 Å². The minimum atomic E-state index is -2.78. The molecular weight excluding hydrogens is 290 g/mol. The zero-order valence-electron chi connectivity index (χ0n) is 11.2. The largest absolute Gasteiger partial charge is 0.477 e. The Morgan fingerprint density at radius 2 is 2.00 bits per heavy atom. The smallest absolute Gasteiger partial charge is 0.364 e. The number of amides is 1. The molecule has 0 aliphatic carbocycles. The molecule has 0 radical (unpaired) electrons. The summed E-state index contributed by atoms with van der Waals surface area (Å²) < 4.78 is 4.86. The fourth-order valence-corrected chi connectivity index (χ4v) is 2.14. The molecule has 10 heteroatoms. The number of rotatable bonds is 5. The molecule has 0 bridgehead atoms. The lowest BCUT2D eigenvalue weighted by Crippen LogP contribution is -2.67. The van der Waals surface area contributed by atoms with E-state index in [4.69, 9.17) is 14.9 Å². The fraction of sp³-hybridized carbons (Fsp3) is 0.818. The van der Waals surface area contributed by atoms with Crippen LogP contribution in [0.15, 0.2) is 0 Å². The summed E-state index contributed by atoms with van der Waals surface area (Å²) in [6, 6.07) is -1.27. The van der Waals surface area contributed by atoms with Gasteiger partial charge in [-0.25, -0.2) is 4.79 Å². The Morgan fingerprint density at radius 3 is 2.43 bits per heavy atom. The Morgan fingerprint density at radius 1 is 1.43 bits per heavy atom. The van der Waals surface area contributed by atoms with Gasteiger partial charge in [0.1, 0.15) is 18.3 Å². The summed E-state index contributed by atoms with van der Waals surface area (Å²) >= 11 is 0. The average Bonchev–Trinajstić information content (AvgIpc) is 2.39. The first-order valence-corrected chi connectivity index (χ1v) is 6.18. The Balaban J connectivity index is 3.07. The first-order chi connectivity index (χ1) is 9.62. The zero-order valence-corrected chi connectivity index (χ0v) is 11.2. The van der Waals surface area contributed by atoms with Crippen LogP contribution in [0.3, 0.4) is 0 Å². The lowest BCUT2D eigenvalue weighted by molar-refractivity contribution is -0.295. The van der Waals surface area contributed by atoms with Gasteiger partial charge in [-0.2, -0.15) is 0 Å². The molecule has 0 aromatic heterocycles. The van der Waals surface area contributed by atoms with Crippen molar-refractivity contribution in [3.05, 3.63) is 0 Å². The number of aliphatic carboxylic acids is 1. The van der Waals surface area contributed by atoms with Crippen molar-refractivity contribution in [3.8, 4) is 0 Å². The summed E-state index contributed by atoms with van der Waals surface area (Å²) in [5, 5.41) is 59.0. The van der Waals surface area contributed by atoms with Crippen molar-refractivity contribution in [2.24, 2.45) is 0 Å². The first-order valence-electron chi connectivity index (χ1n) is 6.18. The highest BCUT2D eigenvalue weighted by Crippen LogP contribution is 2.30. The van der Waals surface area contributed by atoms with Gasteiger partial charge in [0.15, 0.2) is 0 Å². The van der Waals surface area contributed by atoms with E-state index < -0.39 is 61.1 Å². The van der Waals surface area contributed by atoms with Crippen molar-refractivity contribution in [1.29, 1.82) is 0 Å². The predicted octanol–water partition coefficient (Wildman–Crippen LogP) is -3.87. The number of hydrogen-bond acceptors (Lipinski definition) is 8. The van der Waals surface area contributed by atoms with Gasteiger partial charge in [0.05, 0.1) is 18.8 Å². The molecular formula is C11H19NO9. The van der Waals surface area contributed by atoms with Crippen molar-refractivity contribution in [2.75, 3.05) is 6.61 Å². The van der Waals surface area contributed by atoms with E-state index in [2.05, 4.69) is 5.32 Å². The van der Waals surface area contributed by atoms with E-state index in [0.29, 0.717) is 0 Å². The molecule has 1 rings (SSSR count). The average molecular weight is 309 g/mol. The number of ether oxygens (including phenoxy) is 1. The molecule has 0 unspecified atom stereocenters. The number of hydrogen-bond donors (Lipinski definition) is 7. The lowest BCUT2D eigenvalue weighted by atomic mass is 9.88. The monoisotopic (exact) mass is 309 g/mol. The minimum absolute atomic E-state index is 0.598. The Labute approximate surface area is 119 Å². The van der Waals surface area contributed by atoms with E-state index in [0.717, 1.165) is 6.92 Å². The molecule has 0 aromatic rings. The van der Waals surface area contributed by atoms with Crippen LogP contribution in [0.5, 0.6) is 0 Å². The Kier molecular flexibility index (Phi) is 5.61. The highest BCUT2D eigenvalue weighted by Gasteiger charge is 2.53. The molecule has 1 saturated heterocycles. The number of carboxylic acids is 1. The summed E-state index contributed by atoms with van der Waals surface area (Å²) in [7, 11) is 0. The summed E-state index contributed by atoms with van der Waals surface area (Å²) in [5.41, 5.74) is 0. The van der Waals surface area contributed by atoms with Crippen molar-refractivity contribution in [2.45, 2.75) is 49.6 Å². The molecule has 0 spiro atoms. The molecule has 21 heavy (non-hydrogen) atoms. The molecule has 1 aliphatic rings. The summed E-state index contributed by atoms with van der Waals surface area (Å²) in [5.74, 6) is -5.17. The molecule has 1 fully saturated rings. The van der Waals surface area contributed by atoms with E-state index >= 15 is 0 Å². The van der Waals surface area contributed by atoms with Crippen LogP contribution >= 0.6 is 0 Å². The highest BCUT2D eigenvalue weighted by molar-refractivity contribution is 5.76. The standard InChI is InChI=1S/C11H19NO9/c1-4(14)12-7-5(15)2-11(20,10(18)19)21-9(7)8(17)6(16)3-13/h5-9,13,15-17,20H,2-3H2,1H3,(H,12,14)(H,18,19)/t5-,6+,7-,8-,9-,11-/m0/s1. The maximum atomic E-state index is 11.1. The van der Waals surface area contributed by atoms with Crippen LogP contribution in [-0.4, -0.2) is 85.4 Å². The van der Waals surface area contributed by atoms with Gasteiger partial charge < -0.3 is 40.7 Å². The van der Waals surface area contributed by atoms with E-state index in [1.54, 1.807) is 0 Å². The molecule has 7 N–H and O–H groups in total. The number of carboxylic acid groups (broad SMARTS) is 1. The fourth-order valence-electron chi connectivity index (χ4n) is 2.14. The van der Waals surface area contributed by atoms with Crippen LogP contribution in [0.2, 0.25) is 0 Å². The van der Waals surface area contributed by atoms with Gasteiger partial charge in [0.25, 0.3) is 5.79 Å². The second kappa shape index (κ2) is 6.64. The quantitative estimate of drug-likeness (QED) is 0.268. The number of nitrogens with one attached hydrogen (secondary N) is 1. The SMILES string of the molecule is CC(=O)N[C@@H]1[C@@H]([C@@H](O)[C@H](O)CO)O[C@](O)(C(=O)O)C[C@@H]1O. The topological polar surface area (TPSA) is 177 Å². The minimum Gasteiger partial charge on any atom is -0.477 e. The number of aliphatic hydroxyl groups is 5. The van der Waals surface area contributed by atoms with E-state index in [1.165, 1.54) is 0 Å². The van der Waals surface area contributed by atoms with E-state index in [-0.39, 0.29) is 0 Å². The van der Waals surface area contributed by atoms with E-state index in [9.17, 15) is 30.0 Å². The summed E-state index contributed by atoms with van der Waals surface area (Å²) in [6.45, 7) is 0.256. The van der Waals surface area contributed by atoms with Crippen molar-refractivity contribution < 1.29 is 45.0 Å². The number of aliphatic hydroxyl groups excluding tert-OH is 4. The lowest BCUT2D eigenvalue weighted by Gasteiger charge is -2.44. The zero-order chi connectivity index (χ0) is 16.4. The molecule has 10 nitrogen and oxygen atoms in total. The van der Waals surface area contributed by atoms with Crippen LogP contribution in [0.1, 0.15) is 13.3 Å². The molecule has 6 atom stereocenters. The second-order valence-electron chi connectivity index (χ2n) is 4.91. The van der Waals surface area contributed by atoms with Crippen molar-refractivity contribution >= 4 is 11.9 Å². The second-order valence-corrected chi connectivity index (χ2v) is 4.91.